The monoisotopic (exact) mass is 304 g/mol. The lowest BCUT2D eigenvalue weighted by Crippen LogP contribution is -2.37. The molecule has 0 bridgehead atoms. The number of nitrogens with zero attached hydrogens (tertiary/aromatic N) is 1. The minimum Gasteiger partial charge on any atom is -0.480 e. The van der Waals surface area contributed by atoms with E-state index in [1.807, 2.05) is 6.92 Å². The number of para-hydroxylation sites is 1. The van der Waals surface area contributed by atoms with E-state index >= 15 is 0 Å². The number of carbonyl (C=O) groups excluding carboxylic acids is 1. The van der Waals surface area contributed by atoms with Gasteiger partial charge in [-0.3, -0.25) is 14.5 Å². The molecule has 0 radical (unpaired) electrons. The van der Waals surface area contributed by atoms with Gasteiger partial charge in [-0.15, -0.1) is 12.4 Å². The molecule has 0 atom stereocenters. The third-order valence-electron chi connectivity index (χ3n) is 2.41. The molecule has 0 aliphatic heterocycles. The van der Waals surface area contributed by atoms with Crippen molar-refractivity contribution in [3.05, 3.63) is 30.1 Å². The van der Waals surface area contributed by atoms with Crippen molar-refractivity contribution < 1.29 is 19.1 Å². The van der Waals surface area contributed by atoms with Crippen LogP contribution in [-0.2, 0) is 9.59 Å². The maximum Gasteiger partial charge on any atom is 0.317 e. The van der Waals surface area contributed by atoms with Gasteiger partial charge in [0.2, 0.25) is 5.91 Å². The standard InChI is InChI=1S/C13H17FN2O3.ClH/c1-2-7-16(9-13(18)19)8-12(17)15-11-6-4-3-5-10(11)14;/h3-6H,2,7-9H2,1H3,(H,15,17)(H,18,19);1H. The molecule has 0 aromatic heterocycles. The Morgan fingerprint density at radius 1 is 1.30 bits per heavy atom. The maximum atomic E-state index is 13.3. The second-order valence-electron chi connectivity index (χ2n) is 4.13. The van der Waals surface area contributed by atoms with Gasteiger partial charge in [-0.1, -0.05) is 19.1 Å². The molecule has 1 rings (SSSR count). The van der Waals surface area contributed by atoms with Gasteiger partial charge in [0.15, 0.2) is 0 Å². The Morgan fingerprint density at radius 3 is 2.50 bits per heavy atom. The van der Waals surface area contributed by atoms with Gasteiger partial charge >= 0.3 is 5.97 Å². The Bertz CT molecular complexity index is 457. The first-order valence-corrected chi connectivity index (χ1v) is 6.01. The van der Waals surface area contributed by atoms with Crippen LogP contribution in [0.1, 0.15) is 13.3 Å². The molecule has 0 saturated carbocycles. The fourth-order valence-electron chi connectivity index (χ4n) is 1.68. The molecule has 0 heterocycles. The summed E-state index contributed by atoms with van der Waals surface area (Å²) in [5.74, 6) is -1.94. The van der Waals surface area contributed by atoms with E-state index < -0.39 is 17.7 Å². The highest BCUT2D eigenvalue weighted by atomic mass is 35.5. The van der Waals surface area contributed by atoms with Crippen LogP contribution >= 0.6 is 12.4 Å². The number of hydrogen-bond donors (Lipinski definition) is 2. The van der Waals surface area contributed by atoms with Crippen LogP contribution in [0, 0.1) is 5.82 Å². The number of amides is 1. The third-order valence-corrected chi connectivity index (χ3v) is 2.41. The van der Waals surface area contributed by atoms with Gasteiger partial charge in [0.25, 0.3) is 0 Å². The fourth-order valence-corrected chi connectivity index (χ4v) is 1.68. The van der Waals surface area contributed by atoms with Crippen molar-refractivity contribution in [1.82, 2.24) is 4.90 Å². The Kier molecular flexibility index (Phi) is 8.51. The van der Waals surface area contributed by atoms with Gasteiger partial charge in [-0.25, -0.2) is 4.39 Å². The summed E-state index contributed by atoms with van der Waals surface area (Å²) >= 11 is 0. The first kappa shape index (κ1) is 18.3. The summed E-state index contributed by atoms with van der Waals surface area (Å²) < 4.78 is 13.3. The number of nitrogens with one attached hydrogen (secondary N) is 1. The van der Waals surface area contributed by atoms with Crippen LogP contribution in [0.15, 0.2) is 24.3 Å². The number of carbonyl (C=O) groups is 2. The van der Waals surface area contributed by atoms with Crippen LogP contribution in [-0.4, -0.2) is 41.5 Å². The number of benzene rings is 1. The van der Waals surface area contributed by atoms with Gasteiger partial charge in [0, 0.05) is 0 Å². The SMILES string of the molecule is CCCN(CC(=O)O)CC(=O)Nc1ccccc1F.Cl. The molecule has 0 unspecified atom stereocenters. The van der Waals surface area contributed by atoms with Crippen LogP contribution < -0.4 is 5.32 Å². The summed E-state index contributed by atoms with van der Waals surface area (Å²) in [6.07, 6.45) is 0.736. The first-order chi connectivity index (χ1) is 9.02. The molecule has 0 saturated heterocycles. The predicted octanol–water partition coefficient (Wildman–Crippen LogP) is 1.98. The highest BCUT2D eigenvalue weighted by Gasteiger charge is 2.14. The van der Waals surface area contributed by atoms with E-state index in [1.54, 1.807) is 6.07 Å². The van der Waals surface area contributed by atoms with Crippen molar-refractivity contribution in [2.75, 3.05) is 25.0 Å². The minimum atomic E-state index is -0.993. The molecule has 112 valence electrons. The average molecular weight is 305 g/mol. The lowest BCUT2D eigenvalue weighted by molar-refractivity contribution is -0.138. The van der Waals surface area contributed by atoms with Gasteiger partial charge in [0.1, 0.15) is 5.82 Å². The topological polar surface area (TPSA) is 69.6 Å². The lowest BCUT2D eigenvalue weighted by Gasteiger charge is -2.18. The van der Waals surface area contributed by atoms with Crippen molar-refractivity contribution in [2.24, 2.45) is 0 Å². The number of rotatable bonds is 7. The summed E-state index contributed by atoms with van der Waals surface area (Å²) in [6, 6.07) is 5.84. The van der Waals surface area contributed by atoms with Gasteiger partial charge in [0.05, 0.1) is 18.8 Å². The highest BCUT2D eigenvalue weighted by molar-refractivity contribution is 5.92. The van der Waals surface area contributed by atoms with Crippen LogP contribution in [0.3, 0.4) is 0 Å². The number of anilines is 1. The smallest absolute Gasteiger partial charge is 0.317 e. The van der Waals surface area contributed by atoms with Crippen molar-refractivity contribution in [3.8, 4) is 0 Å². The summed E-state index contributed by atoms with van der Waals surface area (Å²) in [6.45, 7) is 2.10. The number of carboxylic acid groups (broad SMARTS) is 1. The van der Waals surface area contributed by atoms with Crippen molar-refractivity contribution in [3.63, 3.8) is 0 Å². The summed E-state index contributed by atoms with van der Waals surface area (Å²) in [7, 11) is 0. The molecule has 1 aromatic carbocycles. The average Bonchev–Trinajstić information content (AvgIpc) is 2.31. The van der Waals surface area contributed by atoms with Crippen LogP contribution in [0.25, 0.3) is 0 Å². The molecule has 5 nitrogen and oxygen atoms in total. The zero-order valence-electron chi connectivity index (χ0n) is 11.1. The molecule has 7 heteroatoms. The fraction of sp³-hybridized carbons (Fsp3) is 0.385. The molecular weight excluding hydrogens is 287 g/mol. The highest BCUT2D eigenvalue weighted by Crippen LogP contribution is 2.12. The van der Waals surface area contributed by atoms with E-state index in [1.165, 1.54) is 23.1 Å². The zero-order chi connectivity index (χ0) is 14.3. The molecule has 20 heavy (non-hydrogen) atoms. The molecule has 0 aliphatic rings. The number of aliphatic carboxylic acids is 1. The van der Waals surface area contributed by atoms with Crippen LogP contribution in [0.4, 0.5) is 10.1 Å². The molecule has 1 amide bonds. The van der Waals surface area contributed by atoms with Crippen molar-refractivity contribution in [1.29, 1.82) is 0 Å². The number of halogens is 2. The Hall–Kier alpha value is -1.66. The second kappa shape index (κ2) is 9.28. The predicted molar refractivity (Wildman–Crippen MR) is 76.6 cm³/mol. The largest absolute Gasteiger partial charge is 0.480 e. The summed E-state index contributed by atoms with van der Waals surface area (Å²) in [5.41, 5.74) is 0.0965. The molecule has 0 fully saturated rings. The quantitative estimate of drug-likeness (QED) is 0.808. The van der Waals surface area contributed by atoms with Gasteiger partial charge in [-0.2, -0.15) is 0 Å². The molecular formula is C13H18ClFN2O3. The minimum absolute atomic E-state index is 0. The van der Waals surface area contributed by atoms with E-state index in [0.717, 1.165) is 6.42 Å². The van der Waals surface area contributed by atoms with E-state index in [2.05, 4.69) is 5.32 Å². The summed E-state index contributed by atoms with van der Waals surface area (Å²) in [4.78, 5) is 23.9. The van der Waals surface area contributed by atoms with E-state index in [-0.39, 0.29) is 31.2 Å². The Morgan fingerprint density at radius 2 is 1.95 bits per heavy atom. The van der Waals surface area contributed by atoms with E-state index in [9.17, 15) is 14.0 Å². The number of hydrogen-bond acceptors (Lipinski definition) is 3. The number of carboxylic acids is 1. The summed E-state index contributed by atoms with van der Waals surface area (Å²) in [5, 5.41) is 11.1. The second-order valence-corrected chi connectivity index (χ2v) is 4.13. The molecule has 0 spiro atoms. The van der Waals surface area contributed by atoms with Gasteiger partial charge < -0.3 is 10.4 Å². The van der Waals surface area contributed by atoms with Crippen molar-refractivity contribution >= 4 is 30.0 Å². The van der Waals surface area contributed by atoms with E-state index in [4.69, 9.17) is 5.11 Å². The molecule has 2 N–H and O–H groups in total. The zero-order valence-corrected chi connectivity index (χ0v) is 12.0. The normalized spacial score (nSPS) is 9.95. The first-order valence-electron chi connectivity index (χ1n) is 6.01. The molecule has 1 aromatic rings. The Balaban J connectivity index is 0.00000361. The third kappa shape index (κ3) is 6.49. The van der Waals surface area contributed by atoms with E-state index in [0.29, 0.717) is 6.54 Å². The lowest BCUT2D eigenvalue weighted by atomic mass is 10.3. The van der Waals surface area contributed by atoms with Crippen LogP contribution in [0.2, 0.25) is 0 Å². The van der Waals surface area contributed by atoms with Crippen LogP contribution in [0.5, 0.6) is 0 Å². The van der Waals surface area contributed by atoms with Crippen molar-refractivity contribution in [2.45, 2.75) is 13.3 Å². The molecule has 0 aliphatic carbocycles. The maximum absolute atomic E-state index is 13.3. The Labute approximate surface area is 123 Å². The van der Waals surface area contributed by atoms with Gasteiger partial charge in [-0.05, 0) is 25.1 Å².